The number of benzene rings is 1. The maximum absolute atomic E-state index is 11.9. The lowest BCUT2D eigenvalue weighted by molar-refractivity contribution is 0.219. The number of piperidine rings is 1. The molecule has 2 aromatic rings. The first-order chi connectivity index (χ1) is 9.74. The number of hydrogen-bond donors (Lipinski definition) is 1. The molecule has 3 rings (SSSR count). The molecule has 1 aliphatic heterocycles. The molecule has 0 aliphatic carbocycles. The van der Waals surface area contributed by atoms with Crippen LogP contribution in [0.25, 0.3) is 11.3 Å². The Hall–Kier alpha value is -1.81. The van der Waals surface area contributed by atoms with E-state index < -0.39 is 0 Å². The van der Waals surface area contributed by atoms with Crippen molar-refractivity contribution in [1.29, 1.82) is 0 Å². The number of hydrogen-bond acceptors (Lipinski definition) is 3. The van der Waals surface area contributed by atoms with E-state index in [4.69, 9.17) is 4.52 Å². The minimum absolute atomic E-state index is 0.244. The first-order valence-electron chi connectivity index (χ1n) is 7.24. The Balaban J connectivity index is 1.88. The standard InChI is InChI=1S/C16H20N2O2/c1-12-5-7-13(8-6-12)15-14(16(19)20-17-15)11-18-9-3-2-4-10-18/h5-8,17H,2-4,9-11H2,1H3. The Bertz CT molecular complexity index is 619. The van der Waals surface area contributed by atoms with Crippen LogP contribution in [-0.4, -0.2) is 23.1 Å². The topological polar surface area (TPSA) is 49.2 Å². The van der Waals surface area contributed by atoms with Crippen molar-refractivity contribution in [3.8, 4) is 11.3 Å². The Labute approximate surface area is 118 Å². The fraction of sp³-hybridized carbons (Fsp3) is 0.438. The number of aryl methyl sites for hydroxylation is 1. The molecule has 0 amide bonds. The molecule has 0 saturated carbocycles. The second-order valence-electron chi connectivity index (χ2n) is 5.55. The van der Waals surface area contributed by atoms with Gasteiger partial charge in [0.15, 0.2) is 0 Å². The molecule has 4 heteroatoms. The molecular formula is C16H20N2O2. The molecule has 106 valence electrons. The fourth-order valence-electron chi connectivity index (χ4n) is 2.76. The van der Waals surface area contributed by atoms with Gasteiger partial charge in [-0.25, -0.2) is 9.95 Å². The largest absolute Gasteiger partial charge is 0.362 e. The van der Waals surface area contributed by atoms with E-state index in [0.29, 0.717) is 6.54 Å². The highest BCUT2D eigenvalue weighted by atomic mass is 16.5. The monoisotopic (exact) mass is 272 g/mol. The van der Waals surface area contributed by atoms with Crippen molar-refractivity contribution in [3.63, 3.8) is 0 Å². The van der Waals surface area contributed by atoms with Gasteiger partial charge in [-0.15, -0.1) is 0 Å². The lowest BCUT2D eigenvalue weighted by atomic mass is 10.0. The Morgan fingerprint density at radius 1 is 1.15 bits per heavy atom. The summed E-state index contributed by atoms with van der Waals surface area (Å²) in [6, 6.07) is 8.14. The van der Waals surface area contributed by atoms with Crippen LogP contribution in [-0.2, 0) is 6.54 Å². The number of aromatic amines is 1. The Kier molecular flexibility index (Phi) is 3.74. The zero-order chi connectivity index (χ0) is 13.9. The molecular weight excluding hydrogens is 252 g/mol. The quantitative estimate of drug-likeness (QED) is 0.934. The smallest absolute Gasteiger partial charge is 0.338 e. The van der Waals surface area contributed by atoms with Gasteiger partial charge in [0.2, 0.25) is 0 Å². The second-order valence-corrected chi connectivity index (χ2v) is 5.55. The van der Waals surface area contributed by atoms with E-state index in [1.807, 2.05) is 24.3 Å². The van der Waals surface area contributed by atoms with Crippen LogP contribution >= 0.6 is 0 Å². The van der Waals surface area contributed by atoms with E-state index in [9.17, 15) is 4.79 Å². The zero-order valence-corrected chi connectivity index (χ0v) is 11.8. The van der Waals surface area contributed by atoms with Crippen LogP contribution in [0.15, 0.2) is 33.6 Å². The minimum atomic E-state index is -0.244. The number of H-pyrrole nitrogens is 1. The summed E-state index contributed by atoms with van der Waals surface area (Å²) in [6.45, 7) is 4.86. The maximum atomic E-state index is 11.9. The molecule has 0 bridgehead atoms. The van der Waals surface area contributed by atoms with Gasteiger partial charge in [0.25, 0.3) is 0 Å². The summed E-state index contributed by atoms with van der Waals surface area (Å²) < 4.78 is 5.01. The van der Waals surface area contributed by atoms with E-state index >= 15 is 0 Å². The molecule has 0 atom stereocenters. The highest BCUT2D eigenvalue weighted by molar-refractivity contribution is 5.62. The molecule has 1 saturated heterocycles. The first-order valence-corrected chi connectivity index (χ1v) is 7.24. The van der Waals surface area contributed by atoms with Crippen molar-refractivity contribution in [2.45, 2.75) is 32.7 Å². The highest BCUT2D eigenvalue weighted by Crippen LogP contribution is 2.22. The van der Waals surface area contributed by atoms with Gasteiger partial charge >= 0.3 is 5.63 Å². The lowest BCUT2D eigenvalue weighted by Gasteiger charge is -2.25. The third-order valence-corrected chi connectivity index (χ3v) is 3.96. The van der Waals surface area contributed by atoms with Gasteiger partial charge in [-0.05, 0) is 32.9 Å². The summed E-state index contributed by atoms with van der Waals surface area (Å²) in [5.41, 5.74) is 3.54. The fourth-order valence-corrected chi connectivity index (χ4v) is 2.76. The predicted molar refractivity (Wildman–Crippen MR) is 78.6 cm³/mol. The van der Waals surface area contributed by atoms with E-state index in [0.717, 1.165) is 29.9 Å². The van der Waals surface area contributed by atoms with Crippen LogP contribution in [0.2, 0.25) is 0 Å². The maximum Gasteiger partial charge on any atom is 0.362 e. The van der Waals surface area contributed by atoms with Gasteiger partial charge in [-0.1, -0.05) is 36.2 Å². The van der Waals surface area contributed by atoms with E-state index in [1.54, 1.807) is 0 Å². The number of aromatic nitrogens is 1. The summed E-state index contributed by atoms with van der Waals surface area (Å²) in [4.78, 5) is 14.3. The second kappa shape index (κ2) is 5.67. The van der Waals surface area contributed by atoms with Gasteiger partial charge < -0.3 is 4.52 Å². The molecule has 0 radical (unpaired) electrons. The number of likely N-dealkylation sites (tertiary alicyclic amines) is 1. The Morgan fingerprint density at radius 3 is 2.55 bits per heavy atom. The predicted octanol–water partition coefficient (Wildman–Crippen LogP) is 2.93. The molecule has 0 unspecified atom stereocenters. The van der Waals surface area contributed by atoms with Crippen molar-refractivity contribution >= 4 is 0 Å². The zero-order valence-electron chi connectivity index (χ0n) is 11.8. The SMILES string of the molecule is Cc1ccc(-c2[nH]oc(=O)c2CN2CCCCC2)cc1. The number of rotatable bonds is 3. The summed E-state index contributed by atoms with van der Waals surface area (Å²) in [7, 11) is 0. The van der Waals surface area contributed by atoms with Crippen LogP contribution < -0.4 is 5.63 Å². The molecule has 0 spiro atoms. The first kappa shape index (κ1) is 13.2. The summed E-state index contributed by atoms with van der Waals surface area (Å²) in [5.74, 6) is 0. The molecule has 1 aliphatic rings. The van der Waals surface area contributed by atoms with Crippen LogP contribution in [0, 0.1) is 6.92 Å². The van der Waals surface area contributed by atoms with Gasteiger partial charge in [-0.2, -0.15) is 0 Å². The average Bonchev–Trinajstić information content (AvgIpc) is 2.83. The third-order valence-electron chi connectivity index (χ3n) is 3.96. The van der Waals surface area contributed by atoms with Crippen molar-refractivity contribution in [2.24, 2.45) is 0 Å². The molecule has 4 nitrogen and oxygen atoms in total. The third kappa shape index (κ3) is 2.70. The number of nitrogens with zero attached hydrogens (tertiary/aromatic N) is 1. The Morgan fingerprint density at radius 2 is 1.85 bits per heavy atom. The van der Waals surface area contributed by atoms with E-state index in [-0.39, 0.29) is 5.63 Å². The molecule has 1 aromatic heterocycles. The average molecular weight is 272 g/mol. The number of nitrogens with one attached hydrogen (secondary N) is 1. The van der Waals surface area contributed by atoms with Crippen molar-refractivity contribution in [1.82, 2.24) is 10.1 Å². The normalized spacial score (nSPS) is 16.4. The molecule has 1 N–H and O–H groups in total. The van der Waals surface area contributed by atoms with Crippen molar-refractivity contribution in [3.05, 3.63) is 45.8 Å². The van der Waals surface area contributed by atoms with Crippen LogP contribution in [0.3, 0.4) is 0 Å². The van der Waals surface area contributed by atoms with Crippen molar-refractivity contribution in [2.75, 3.05) is 13.1 Å². The van der Waals surface area contributed by atoms with E-state index in [1.165, 1.54) is 24.8 Å². The van der Waals surface area contributed by atoms with E-state index in [2.05, 4.69) is 17.0 Å². The molecule has 1 aromatic carbocycles. The van der Waals surface area contributed by atoms with Crippen LogP contribution in [0.1, 0.15) is 30.4 Å². The lowest BCUT2D eigenvalue weighted by Crippen LogP contribution is -2.30. The van der Waals surface area contributed by atoms with Gasteiger partial charge in [0, 0.05) is 12.1 Å². The van der Waals surface area contributed by atoms with Crippen molar-refractivity contribution < 1.29 is 4.52 Å². The highest BCUT2D eigenvalue weighted by Gasteiger charge is 2.18. The van der Waals surface area contributed by atoms with Crippen LogP contribution in [0.5, 0.6) is 0 Å². The van der Waals surface area contributed by atoms with Gasteiger partial charge in [-0.3, -0.25) is 4.90 Å². The van der Waals surface area contributed by atoms with Gasteiger partial charge in [0.05, 0.1) is 11.3 Å². The molecule has 1 fully saturated rings. The molecule has 2 heterocycles. The summed E-state index contributed by atoms with van der Waals surface area (Å²) >= 11 is 0. The van der Waals surface area contributed by atoms with Gasteiger partial charge in [0.1, 0.15) is 0 Å². The summed E-state index contributed by atoms with van der Waals surface area (Å²) in [6.07, 6.45) is 3.73. The summed E-state index contributed by atoms with van der Waals surface area (Å²) in [5, 5.41) is 2.79. The molecule has 20 heavy (non-hydrogen) atoms. The van der Waals surface area contributed by atoms with Crippen LogP contribution in [0.4, 0.5) is 0 Å². The minimum Gasteiger partial charge on any atom is -0.338 e.